The van der Waals surface area contributed by atoms with E-state index in [2.05, 4.69) is 13.8 Å². The fraction of sp³-hybridized carbons (Fsp3) is 0.357. The van der Waals surface area contributed by atoms with Crippen molar-refractivity contribution < 1.29 is 4.79 Å². The van der Waals surface area contributed by atoms with Gasteiger partial charge in [0.1, 0.15) is 6.29 Å². The SMILES string of the molecule is CC(C)CC/C(C=O)=C\c1ccccc1. The topological polar surface area (TPSA) is 17.1 Å². The maximum absolute atomic E-state index is 10.9. The van der Waals surface area contributed by atoms with Gasteiger partial charge in [-0.15, -0.1) is 0 Å². The van der Waals surface area contributed by atoms with Gasteiger partial charge in [0, 0.05) is 0 Å². The zero-order valence-corrected chi connectivity index (χ0v) is 9.44. The molecule has 1 rings (SSSR count). The highest BCUT2D eigenvalue weighted by molar-refractivity contribution is 5.81. The fourth-order valence-electron chi connectivity index (χ4n) is 1.38. The molecule has 0 heterocycles. The summed E-state index contributed by atoms with van der Waals surface area (Å²) in [4.78, 5) is 10.9. The van der Waals surface area contributed by atoms with E-state index in [-0.39, 0.29) is 0 Å². The monoisotopic (exact) mass is 202 g/mol. The second kappa shape index (κ2) is 6.18. The van der Waals surface area contributed by atoms with E-state index in [1.807, 2.05) is 36.4 Å². The number of carbonyl (C=O) groups excluding carboxylic acids is 1. The Bertz CT molecular complexity index is 322. The van der Waals surface area contributed by atoms with Gasteiger partial charge in [0.05, 0.1) is 0 Å². The average Bonchev–Trinajstić information content (AvgIpc) is 2.25. The first kappa shape index (κ1) is 11.7. The Kier molecular flexibility index (Phi) is 4.82. The summed E-state index contributed by atoms with van der Waals surface area (Å²) in [6.07, 6.45) is 4.87. The molecular formula is C14H18O. The lowest BCUT2D eigenvalue weighted by molar-refractivity contribution is -0.105. The lowest BCUT2D eigenvalue weighted by atomic mass is 10.0. The van der Waals surface area contributed by atoms with Gasteiger partial charge in [0.25, 0.3) is 0 Å². The van der Waals surface area contributed by atoms with Gasteiger partial charge in [0.2, 0.25) is 0 Å². The van der Waals surface area contributed by atoms with Crippen LogP contribution < -0.4 is 0 Å². The molecule has 0 unspecified atom stereocenters. The van der Waals surface area contributed by atoms with E-state index in [4.69, 9.17) is 0 Å². The van der Waals surface area contributed by atoms with Crippen LogP contribution in [0.15, 0.2) is 35.9 Å². The van der Waals surface area contributed by atoms with Crippen LogP contribution in [0.4, 0.5) is 0 Å². The zero-order valence-electron chi connectivity index (χ0n) is 9.44. The van der Waals surface area contributed by atoms with Crippen molar-refractivity contribution in [1.82, 2.24) is 0 Å². The van der Waals surface area contributed by atoms with Gasteiger partial charge in [-0.25, -0.2) is 0 Å². The van der Waals surface area contributed by atoms with Gasteiger partial charge in [-0.2, -0.15) is 0 Å². The van der Waals surface area contributed by atoms with E-state index >= 15 is 0 Å². The third-order valence-electron chi connectivity index (χ3n) is 2.31. The van der Waals surface area contributed by atoms with Gasteiger partial charge in [0.15, 0.2) is 0 Å². The molecule has 0 saturated heterocycles. The van der Waals surface area contributed by atoms with Gasteiger partial charge in [-0.1, -0.05) is 44.2 Å². The summed E-state index contributed by atoms with van der Waals surface area (Å²) >= 11 is 0. The maximum atomic E-state index is 10.9. The molecule has 15 heavy (non-hydrogen) atoms. The first-order chi connectivity index (χ1) is 7.22. The van der Waals surface area contributed by atoms with E-state index in [0.717, 1.165) is 30.3 Å². The molecule has 0 aromatic heterocycles. The summed E-state index contributed by atoms with van der Waals surface area (Å²) in [5.41, 5.74) is 1.98. The van der Waals surface area contributed by atoms with Gasteiger partial charge < -0.3 is 0 Å². The van der Waals surface area contributed by atoms with Crippen LogP contribution >= 0.6 is 0 Å². The van der Waals surface area contributed by atoms with Gasteiger partial charge >= 0.3 is 0 Å². The van der Waals surface area contributed by atoms with E-state index in [1.54, 1.807) is 0 Å². The lowest BCUT2D eigenvalue weighted by Gasteiger charge is -2.03. The van der Waals surface area contributed by atoms with Crippen molar-refractivity contribution in [2.75, 3.05) is 0 Å². The van der Waals surface area contributed by atoms with E-state index < -0.39 is 0 Å². The Morgan fingerprint density at radius 3 is 2.47 bits per heavy atom. The second-order valence-corrected chi connectivity index (χ2v) is 4.18. The Hall–Kier alpha value is -1.37. The highest BCUT2D eigenvalue weighted by Gasteiger charge is 1.99. The number of hydrogen-bond donors (Lipinski definition) is 0. The molecule has 0 aliphatic rings. The number of aldehydes is 1. The number of benzene rings is 1. The van der Waals surface area contributed by atoms with Crippen LogP contribution in [0.1, 0.15) is 32.3 Å². The van der Waals surface area contributed by atoms with E-state index in [1.165, 1.54) is 0 Å². The molecule has 80 valence electrons. The molecular weight excluding hydrogens is 184 g/mol. The Labute approximate surface area is 91.8 Å². The second-order valence-electron chi connectivity index (χ2n) is 4.18. The van der Waals surface area contributed by atoms with Crippen molar-refractivity contribution in [2.24, 2.45) is 5.92 Å². The molecule has 0 spiro atoms. The maximum Gasteiger partial charge on any atom is 0.146 e. The molecule has 0 aliphatic heterocycles. The number of hydrogen-bond acceptors (Lipinski definition) is 1. The fourth-order valence-corrected chi connectivity index (χ4v) is 1.38. The first-order valence-electron chi connectivity index (χ1n) is 5.43. The summed E-state index contributed by atoms with van der Waals surface area (Å²) in [5.74, 6) is 0.643. The minimum atomic E-state index is 0.643. The van der Waals surface area contributed by atoms with Crippen molar-refractivity contribution in [1.29, 1.82) is 0 Å². The predicted octanol–water partition coefficient (Wildman–Crippen LogP) is 3.71. The summed E-state index contributed by atoms with van der Waals surface area (Å²) in [5, 5.41) is 0. The minimum Gasteiger partial charge on any atom is -0.298 e. The van der Waals surface area contributed by atoms with E-state index in [0.29, 0.717) is 5.92 Å². The van der Waals surface area contributed by atoms with Crippen LogP contribution in [0.3, 0.4) is 0 Å². The molecule has 1 aromatic rings. The van der Waals surface area contributed by atoms with Crippen LogP contribution in [0.2, 0.25) is 0 Å². The van der Waals surface area contributed by atoms with Crippen molar-refractivity contribution in [3.63, 3.8) is 0 Å². The molecule has 1 heteroatoms. The third-order valence-corrected chi connectivity index (χ3v) is 2.31. The molecule has 0 N–H and O–H groups in total. The Balaban J connectivity index is 2.66. The summed E-state index contributed by atoms with van der Waals surface area (Å²) in [6, 6.07) is 9.97. The zero-order chi connectivity index (χ0) is 11.1. The summed E-state index contributed by atoms with van der Waals surface area (Å²) in [7, 11) is 0. The lowest BCUT2D eigenvalue weighted by Crippen LogP contribution is -1.91. The smallest absolute Gasteiger partial charge is 0.146 e. The van der Waals surface area contributed by atoms with E-state index in [9.17, 15) is 4.79 Å². The summed E-state index contributed by atoms with van der Waals surface area (Å²) < 4.78 is 0. The largest absolute Gasteiger partial charge is 0.298 e. The third kappa shape index (κ3) is 4.59. The highest BCUT2D eigenvalue weighted by atomic mass is 16.1. The average molecular weight is 202 g/mol. The standard InChI is InChI=1S/C14H18O/c1-12(2)8-9-14(11-15)10-13-6-4-3-5-7-13/h3-7,10-12H,8-9H2,1-2H3/b14-10+. The molecule has 0 fully saturated rings. The molecule has 0 saturated carbocycles. The first-order valence-corrected chi connectivity index (χ1v) is 5.43. The Morgan fingerprint density at radius 2 is 1.93 bits per heavy atom. The Morgan fingerprint density at radius 1 is 1.27 bits per heavy atom. The molecule has 0 bridgehead atoms. The molecule has 1 aromatic carbocycles. The van der Waals surface area contributed by atoms with Crippen LogP contribution in [0, 0.1) is 5.92 Å². The minimum absolute atomic E-state index is 0.643. The van der Waals surface area contributed by atoms with Crippen LogP contribution in [-0.4, -0.2) is 6.29 Å². The van der Waals surface area contributed by atoms with Crippen LogP contribution in [-0.2, 0) is 4.79 Å². The van der Waals surface area contributed by atoms with Crippen molar-refractivity contribution in [2.45, 2.75) is 26.7 Å². The van der Waals surface area contributed by atoms with Crippen LogP contribution in [0.5, 0.6) is 0 Å². The molecule has 0 radical (unpaired) electrons. The molecule has 0 aliphatic carbocycles. The van der Waals surface area contributed by atoms with Crippen molar-refractivity contribution in [3.8, 4) is 0 Å². The normalized spacial score (nSPS) is 11.8. The molecule has 0 atom stereocenters. The highest BCUT2D eigenvalue weighted by Crippen LogP contribution is 2.13. The van der Waals surface area contributed by atoms with Gasteiger partial charge in [-0.3, -0.25) is 4.79 Å². The quantitative estimate of drug-likeness (QED) is 0.525. The van der Waals surface area contributed by atoms with Gasteiger partial charge in [-0.05, 0) is 36.0 Å². The number of allylic oxidation sites excluding steroid dienone is 1. The molecule has 1 nitrogen and oxygen atoms in total. The summed E-state index contributed by atoms with van der Waals surface area (Å²) in [6.45, 7) is 4.34. The number of rotatable bonds is 5. The van der Waals surface area contributed by atoms with Crippen molar-refractivity contribution >= 4 is 12.4 Å². The van der Waals surface area contributed by atoms with Crippen LogP contribution in [0.25, 0.3) is 6.08 Å². The van der Waals surface area contributed by atoms with Crippen molar-refractivity contribution in [3.05, 3.63) is 41.5 Å². The predicted molar refractivity (Wildman–Crippen MR) is 64.6 cm³/mol. The number of carbonyl (C=O) groups is 1. The molecule has 0 amide bonds.